The Morgan fingerprint density at radius 2 is 1.78 bits per heavy atom. The van der Waals surface area contributed by atoms with Crippen LogP contribution in [0.2, 0.25) is 0 Å². The number of benzene rings is 2. The number of rotatable bonds is 7. The molecule has 0 bridgehead atoms. The first-order valence-corrected chi connectivity index (χ1v) is 8.66. The lowest BCUT2D eigenvalue weighted by Gasteiger charge is -2.21. The van der Waals surface area contributed by atoms with Crippen molar-refractivity contribution in [2.24, 2.45) is 0 Å². The number of nitrogens with zero attached hydrogens (tertiary/aromatic N) is 1. The molecule has 0 atom stereocenters. The van der Waals surface area contributed by atoms with E-state index in [0.29, 0.717) is 31.1 Å². The summed E-state index contributed by atoms with van der Waals surface area (Å²) < 4.78 is 23.5. The molecule has 2 amide bonds. The van der Waals surface area contributed by atoms with E-state index in [1.54, 1.807) is 17.0 Å². The van der Waals surface area contributed by atoms with E-state index >= 15 is 0 Å². The molecule has 142 valence electrons. The van der Waals surface area contributed by atoms with Crippen LogP contribution in [0.15, 0.2) is 42.5 Å². The van der Waals surface area contributed by atoms with Crippen LogP contribution in [0.1, 0.15) is 18.1 Å². The van der Waals surface area contributed by atoms with Gasteiger partial charge in [0.25, 0.3) is 0 Å². The number of hydrogen-bond acceptors (Lipinski definition) is 4. The average Bonchev–Trinajstić information content (AvgIpc) is 3.10. The molecule has 2 aromatic carbocycles. The molecule has 0 aliphatic carbocycles. The zero-order valence-corrected chi connectivity index (χ0v) is 15.0. The lowest BCUT2D eigenvalue weighted by molar-refractivity contribution is -0.130. The van der Waals surface area contributed by atoms with E-state index in [9.17, 15) is 14.0 Å². The average molecular weight is 372 g/mol. The molecule has 0 unspecified atom stereocenters. The maximum atomic E-state index is 12.9. The van der Waals surface area contributed by atoms with Crippen molar-refractivity contribution in [1.82, 2.24) is 10.2 Å². The molecule has 0 saturated carbocycles. The third-order valence-corrected chi connectivity index (χ3v) is 4.24. The molecule has 0 radical (unpaired) electrons. The van der Waals surface area contributed by atoms with Crippen molar-refractivity contribution in [3.8, 4) is 11.5 Å². The smallest absolute Gasteiger partial charge is 0.231 e. The lowest BCUT2D eigenvalue weighted by atomic mass is 10.1. The van der Waals surface area contributed by atoms with E-state index in [2.05, 4.69) is 5.32 Å². The fourth-order valence-corrected chi connectivity index (χ4v) is 2.79. The number of carbonyl (C=O) groups excluding carboxylic acids is 2. The largest absolute Gasteiger partial charge is 0.454 e. The van der Waals surface area contributed by atoms with Crippen LogP contribution in [0, 0.1) is 5.82 Å². The summed E-state index contributed by atoms with van der Waals surface area (Å²) in [5.41, 5.74) is 1.66. The summed E-state index contributed by atoms with van der Waals surface area (Å²) in [6, 6.07) is 11.4. The molecule has 3 rings (SSSR count). The standard InChI is InChI=1S/C20H21FN2O4/c1-14(24)23(12-16-4-7-18-19(10-16)27-13-26-18)9-8-22-20(25)11-15-2-5-17(21)6-3-15/h2-7,10H,8-9,11-13H2,1H3,(H,22,25). The molecule has 6 nitrogen and oxygen atoms in total. The Kier molecular flexibility index (Phi) is 5.90. The summed E-state index contributed by atoms with van der Waals surface area (Å²) in [6.07, 6.45) is 0.169. The van der Waals surface area contributed by atoms with Gasteiger partial charge < -0.3 is 19.7 Å². The molecule has 27 heavy (non-hydrogen) atoms. The minimum absolute atomic E-state index is 0.0829. The van der Waals surface area contributed by atoms with Crippen molar-refractivity contribution in [1.29, 1.82) is 0 Å². The molecule has 0 saturated heterocycles. The van der Waals surface area contributed by atoms with Gasteiger partial charge in [-0.1, -0.05) is 18.2 Å². The number of amides is 2. The second kappa shape index (κ2) is 8.53. The quantitative estimate of drug-likeness (QED) is 0.810. The number of nitrogens with one attached hydrogen (secondary N) is 1. The molecule has 1 aliphatic heterocycles. The van der Waals surface area contributed by atoms with Gasteiger partial charge in [-0.3, -0.25) is 9.59 Å². The summed E-state index contributed by atoms with van der Waals surface area (Å²) in [5.74, 6) is 0.776. The van der Waals surface area contributed by atoms with Crippen molar-refractivity contribution in [3.63, 3.8) is 0 Å². The van der Waals surface area contributed by atoms with Gasteiger partial charge in [0.05, 0.1) is 6.42 Å². The first kappa shape index (κ1) is 18.7. The summed E-state index contributed by atoms with van der Waals surface area (Å²) in [7, 11) is 0. The van der Waals surface area contributed by atoms with Gasteiger partial charge in [0.2, 0.25) is 18.6 Å². The molecule has 0 aromatic heterocycles. The molecular weight excluding hydrogens is 351 g/mol. The van der Waals surface area contributed by atoms with Crippen LogP contribution in [0.3, 0.4) is 0 Å². The Bertz CT molecular complexity index is 823. The highest BCUT2D eigenvalue weighted by Crippen LogP contribution is 2.32. The summed E-state index contributed by atoms with van der Waals surface area (Å²) in [5, 5.41) is 2.79. The van der Waals surface area contributed by atoms with E-state index in [-0.39, 0.29) is 30.8 Å². The van der Waals surface area contributed by atoms with Crippen molar-refractivity contribution in [2.45, 2.75) is 19.9 Å². The molecule has 7 heteroatoms. The fourth-order valence-electron chi connectivity index (χ4n) is 2.79. The van der Waals surface area contributed by atoms with Crippen molar-refractivity contribution < 1.29 is 23.5 Å². The summed E-state index contributed by atoms with van der Waals surface area (Å²) in [6.45, 7) is 2.84. The molecular formula is C20H21FN2O4. The van der Waals surface area contributed by atoms with Crippen LogP contribution in [0.25, 0.3) is 0 Å². The molecule has 1 N–H and O–H groups in total. The number of halogens is 1. The number of hydrogen-bond donors (Lipinski definition) is 1. The van der Waals surface area contributed by atoms with Gasteiger partial charge in [-0.25, -0.2) is 4.39 Å². The lowest BCUT2D eigenvalue weighted by Crippen LogP contribution is -2.37. The first-order chi connectivity index (χ1) is 13.0. The van der Waals surface area contributed by atoms with Crippen LogP contribution >= 0.6 is 0 Å². The molecule has 1 heterocycles. The van der Waals surface area contributed by atoms with Gasteiger partial charge in [0.15, 0.2) is 11.5 Å². The maximum absolute atomic E-state index is 12.9. The zero-order chi connectivity index (χ0) is 19.2. The fraction of sp³-hybridized carbons (Fsp3) is 0.300. The maximum Gasteiger partial charge on any atom is 0.231 e. The first-order valence-electron chi connectivity index (χ1n) is 8.66. The SMILES string of the molecule is CC(=O)N(CCNC(=O)Cc1ccc(F)cc1)Cc1ccc2c(c1)OCO2. The van der Waals surface area contributed by atoms with E-state index in [0.717, 1.165) is 11.1 Å². The van der Waals surface area contributed by atoms with Crippen LogP contribution in [-0.2, 0) is 22.6 Å². The highest BCUT2D eigenvalue weighted by molar-refractivity contribution is 5.78. The number of ether oxygens (including phenoxy) is 2. The van der Waals surface area contributed by atoms with Crippen LogP contribution in [-0.4, -0.2) is 36.6 Å². The van der Waals surface area contributed by atoms with E-state index < -0.39 is 0 Å². The van der Waals surface area contributed by atoms with Gasteiger partial charge in [-0.05, 0) is 35.4 Å². The van der Waals surface area contributed by atoms with E-state index in [1.807, 2.05) is 18.2 Å². The second-order valence-electron chi connectivity index (χ2n) is 6.28. The third-order valence-electron chi connectivity index (χ3n) is 4.24. The second-order valence-corrected chi connectivity index (χ2v) is 6.28. The Balaban J connectivity index is 1.49. The van der Waals surface area contributed by atoms with Gasteiger partial charge in [-0.15, -0.1) is 0 Å². The minimum Gasteiger partial charge on any atom is -0.454 e. The predicted octanol–water partition coefficient (Wildman–Crippen LogP) is 2.26. The van der Waals surface area contributed by atoms with Crippen molar-refractivity contribution >= 4 is 11.8 Å². The Morgan fingerprint density at radius 1 is 1.07 bits per heavy atom. The molecule has 0 fully saturated rings. The van der Waals surface area contributed by atoms with Gasteiger partial charge in [0.1, 0.15) is 5.82 Å². The van der Waals surface area contributed by atoms with Gasteiger partial charge >= 0.3 is 0 Å². The van der Waals surface area contributed by atoms with Gasteiger partial charge in [0, 0.05) is 26.6 Å². The van der Waals surface area contributed by atoms with Gasteiger partial charge in [-0.2, -0.15) is 0 Å². The monoisotopic (exact) mass is 372 g/mol. The molecule has 0 spiro atoms. The highest BCUT2D eigenvalue weighted by atomic mass is 19.1. The zero-order valence-electron chi connectivity index (χ0n) is 15.0. The van der Waals surface area contributed by atoms with Crippen LogP contribution < -0.4 is 14.8 Å². The molecule has 2 aromatic rings. The Hall–Kier alpha value is -3.09. The van der Waals surface area contributed by atoms with Crippen LogP contribution in [0.5, 0.6) is 11.5 Å². The van der Waals surface area contributed by atoms with Crippen molar-refractivity contribution in [2.75, 3.05) is 19.9 Å². The molecule has 1 aliphatic rings. The summed E-state index contributed by atoms with van der Waals surface area (Å²) in [4.78, 5) is 25.5. The minimum atomic E-state index is -0.334. The van der Waals surface area contributed by atoms with E-state index in [1.165, 1.54) is 19.1 Å². The van der Waals surface area contributed by atoms with Crippen LogP contribution in [0.4, 0.5) is 4.39 Å². The number of fused-ring (bicyclic) bond motifs is 1. The Morgan fingerprint density at radius 3 is 2.52 bits per heavy atom. The highest BCUT2D eigenvalue weighted by Gasteiger charge is 2.16. The number of carbonyl (C=O) groups is 2. The Labute approximate surface area is 156 Å². The normalized spacial score (nSPS) is 11.9. The van der Waals surface area contributed by atoms with E-state index in [4.69, 9.17) is 9.47 Å². The topological polar surface area (TPSA) is 67.9 Å². The predicted molar refractivity (Wildman–Crippen MR) is 96.8 cm³/mol. The third kappa shape index (κ3) is 5.20. The summed E-state index contributed by atoms with van der Waals surface area (Å²) >= 11 is 0. The van der Waals surface area contributed by atoms with Crippen molar-refractivity contribution in [3.05, 3.63) is 59.4 Å².